The number of fused-ring (bicyclic) bond motifs is 1. The van der Waals surface area contributed by atoms with Crippen molar-refractivity contribution in [3.8, 4) is 11.5 Å². The van der Waals surface area contributed by atoms with E-state index in [4.69, 9.17) is 21.1 Å². The van der Waals surface area contributed by atoms with Crippen LogP contribution in [0.15, 0.2) is 55.0 Å². The summed E-state index contributed by atoms with van der Waals surface area (Å²) in [6.45, 7) is 0.394. The largest absolute Gasteiger partial charge is 0.453 e. The van der Waals surface area contributed by atoms with Gasteiger partial charge >= 0.3 is 0 Å². The van der Waals surface area contributed by atoms with Gasteiger partial charge in [-0.15, -0.1) is 0 Å². The monoisotopic (exact) mass is 496 g/mol. The fraction of sp³-hybridized carbons (Fsp3) is 0.240. The third kappa shape index (κ3) is 4.84. The first-order valence-corrected chi connectivity index (χ1v) is 11.5. The van der Waals surface area contributed by atoms with Crippen LogP contribution >= 0.6 is 11.6 Å². The molecule has 1 fully saturated rings. The average molecular weight is 497 g/mol. The van der Waals surface area contributed by atoms with Crippen LogP contribution in [0, 0.1) is 5.82 Å². The Morgan fingerprint density at radius 3 is 2.80 bits per heavy atom. The van der Waals surface area contributed by atoms with Crippen LogP contribution in [0.4, 0.5) is 10.1 Å². The van der Waals surface area contributed by atoms with E-state index in [0.29, 0.717) is 46.1 Å². The SMILES string of the molecule is O=C(c1ccc(Oc2ccccc2F)cn1)c1c[nH]c2ncc(Cl)c(N[C@@H]3CC[C@@H](CO)OC3)c12. The summed E-state index contributed by atoms with van der Waals surface area (Å²) in [6.07, 6.45) is 5.79. The van der Waals surface area contributed by atoms with Crippen molar-refractivity contribution in [1.29, 1.82) is 0 Å². The number of ether oxygens (including phenoxy) is 2. The number of rotatable bonds is 7. The lowest BCUT2D eigenvalue weighted by molar-refractivity contribution is -0.0223. The summed E-state index contributed by atoms with van der Waals surface area (Å²) in [5.41, 5.74) is 1.63. The molecule has 4 aromatic rings. The van der Waals surface area contributed by atoms with Gasteiger partial charge in [0.2, 0.25) is 5.78 Å². The molecule has 10 heteroatoms. The van der Waals surface area contributed by atoms with Gasteiger partial charge in [-0.1, -0.05) is 23.7 Å². The Kier molecular flexibility index (Phi) is 6.63. The molecule has 1 saturated heterocycles. The first-order valence-electron chi connectivity index (χ1n) is 11.1. The van der Waals surface area contributed by atoms with E-state index in [1.807, 2.05) is 0 Å². The van der Waals surface area contributed by atoms with E-state index in [9.17, 15) is 14.3 Å². The number of para-hydroxylation sites is 1. The van der Waals surface area contributed by atoms with Crippen LogP contribution in [0.3, 0.4) is 0 Å². The highest BCUT2D eigenvalue weighted by Crippen LogP contribution is 2.34. The Hall–Kier alpha value is -3.53. The Bertz CT molecular complexity index is 1350. The van der Waals surface area contributed by atoms with Crippen molar-refractivity contribution in [3.63, 3.8) is 0 Å². The number of hydrogen-bond acceptors (Lipinski definition) is 7. The lowest BCUT2D eigenvalue weighted by atomic mass is 10.0. The van der Waals surface area contributed by atoms with E-state index in [0.717, 1.165) is 6.42 Å². The summed E-state index contributed by atoms with van der Waals surface area (Å²) in [6, 6.07) is 9.08. The van der Waals surface area contributed by atoms with Crippen LogP contribution in [0.5, 0.6) is 11.5 Å². The van der Waals surface area contributed by atoms with Crippen LogP contribution in [0.2, 0.25) is 5.02 Å². The molecule has 0 amide bonds. The molecule has 0 aliphatic carbocycles. The summed E-state index contributed by atoms with van der Waals surface area (Å²) in [4.78, 5) is 24.9. The van der Waals surface area contributed by atoms with Crippen LogP contribution < -0.4 is 10.1 Å². The number of pyridine rings is 2. The van der Waals surface area contributed by atoms with Crippen molar-refractivity contribution < 1.29 is 23.8 Å². The maximum absolute atomic E-state index is 13.8. The molecular weight excluding hydrogens is 475 g/mol. The zero-order valence-electron chi connectivity index (χ0n) is 18.5. The number of aliphatic hydroxyl groups is 1. The number of benzene rings is 1. The van der Waals surface area contributed by atoms with E-state index in [1.165, 1.54) is 30.6 Å². The smallest absolute Gasteiger partial charge is 0.213 e. The van der Waals surface area contributed by atoms with Crippen molar-refractivity contribution in [2.24, 2.45) is 0 Å². The summed E-state index contributed by atoms with van der Waals surface area (Å²) >= 11 is 6.47. The molecule has 1 aliphatic heterocycles. The van der Waals surface area contributed by atoms with Gasteiger partial charge in [0.15, 0.2) is 11.6 Å². The van der Waals surface area contributed by atoms with Gasteiger partial charge in [0.1, 0.15) is 17.1 Å². The van der Waals surface area contributed by atoms with Gasteiger partial charge in [0.05, 0.1) is 53.4 Å². The molecule has 1 aliphatic rings. The number of H-pyrrole nitrogens is 1. The maximum Gasteiger partial charge on any atom is 0.213 e. The van der Waals surface area contributed by atoms with Crippen LogP contribution in [0.1, 0.15) is 28.9 Å². The average Bonchev–Trinajstić information content (AvgIpc) is 3.32. The van der Waals surface area contributed by atoms with Crippen molar-refractivity contribution in [3.05, 3.63) is 77.1 Å². The first kappa shape index (κ1) is 23.2. The second kappa shape index (κ2) is 9.99. The van der Waals surface area contributed by atoms with Crippen molar-refractivity contribution >= 4 is 34.1 Å². The number of carbonyl (C=O) groups excluding carboxylic acids is 1. The molecular formula is C25H22ClFN4O4. The van der Waals surface area contributed by atoms with Crippen molar-refractivity contribution in [2.45, 2.75) is 25.0 Å². The van der Waals surface area contributed by atoms with E-state index in [-0.39, 0.29) is 36.0 Å². The third-order valence-electron chi connectivity index (χ3n) is 5.86. The fourth-order valence-corrected chi connectivity index (χ4v) is 4.23. The number of anilines is 1. The molecule has 180 valence electrons. The van der Waals surface area contributed by atoms with Gasteiger partial charge < -0.3 is 24.9 Å². The first-order chi connectivity index (χ1) is 17.0. The number of hydrogen-bond donors (Lipinski definition) is 3. The summed E-state index contributed by atoms with van der Waals surface area (Å²) in [5, 5.41) is 13.6. The number of nitrogens with one attached hydrogen (secondary N) is 2. The van der Waals surface area contributed by atoms with Gasteiger partial charge in [0.25, 0.3) is 0 Å². The molecule has 2 atom stereocenters. The predicted molar refractivity (Wildman–Crippen MR) is 129 cm³/mol. The molecule has 1 aromatic carbocycles. The molecule has 0 unspecified atom stereocenters. The normalized spacial score (nSPS) is 17.9. The van der Waals surface area contributed by atoms with E-state index < -0.39 is 5.82 Å². The van der Waals surface area contributed by atoms with Crippen LogP contribution in [-0.4, -0.2) is 51.2 Å². The highest BCUT2D eigenvalue weighted by atomic mass is 35.5. The van der Waals surface area contributed by atoms with E-state index >= 15 is 0 Å². The minimum atomic E-state index is -0.494. The summed E-state index contributed by atoms with van der Waals surface area (Å²) in [7, 11) is 0. The summed E-state index contributed by atoms with van der Waals surface area (Å²) < 4.78 is 25.0. The standard InChI is InChI=1S/C25H22ClFN4O4/c26-18-11-30-25-22(23(18)31-14-5-6-16(12-32)34-13-14)17(10-29-25)24(33)20-8-7-15(9-28-20)35-21-4-2-1-3-19(21)27/h1-4,7-11,14,16,32H,5-6,12-13H2,(H2,29,30,31)/t14-,16+/m1/s1. The molecule has 0 saturated carbocycles. The Morgan fingerprint density at radius 2 is 2.09 bits per heavy atom. The lowest BCUT2D eigenvalue weighted by Gasteiger charge is -2.29. The van der Waals surface area contributed by atoms with Gasteiger partial charge in [-0.2, -0.15) is 0 Å². The number of aromatic nitrogens is 3. The molecule has 8 nitrogen and oxygen atoms in total. The van der Waals surface area contributed by atoms with Crippen LogP contribution in [0.25, 0.3) is 11.0 Å². The molecule has 3 aromatic heterocycles. The van der Waals surface area contributed by atoms with Crippen molar-refractivity contribution in [1.82, 2.24) is 15.0 Å². The molecule has 3 N–H and O–H groups in total. The maximum atomic E-state index is 13.8. The van der Waals surface area contributed by atoms with Gasteiger partial charge in [-0.25, -0.2) is 14.4 Å². The molecule has 4 heterocycles. The fourth-order valence-electron chi connectivity index (χ4n) is 4.03. The minimum Gasteiger partial charge on any atom is -0.453 e. The molecule has 0 radical (unpaired) electrons. The minimum absolute atomic E-state index is 0.0133. The van der Waals surface area contributed by atoms with Gasteiger partial charge in [0, 0.05) is 12.2 Å². The zero-order valence-corrected chi connectivity index (χ0v) is 19.3. The highest BCUT2D eigenvalue weighted by Gasteiger charge is 2.25. The number of nitrogens with zero attached hydrogens (tertiary/aromatic N) is 2. The molecule has 0 bridgehead atoms. The molecule has 0 spiro atoms. The summed E-state index contributed by atoms with van der Waals surface area (Å²) in [5.74, 6) is -0.457. The number of aromatic amines is 1. The second-order valence-electron chi connectivity index (χ2n) is 8.20. The van der Waals surface area contributed by atoms with Gasteiger partial charge in [-0.3, -0.25) is 4.79 Å². The van der Waals surface area contributed by atoms with E-state index in [2.05, 4.69) is 20.3 Å². The van der Waals surface area contributed by atoms with E-state index in [1.54, 1.807) is 24.4 Å². The molecule has 35 heavy (non-hydrogen) atoms. The Labute approximate surface area is 205 Å². The quantitative estimate of drug-likeness (QED) is 0.317. The lowest BCUT2D eigenvalue weighted by Crippen LogP contribution is -2.36. The highest BCUT2D eigenvalue weighted by molar-refractivity contribution is 6.35. The zero-order chi connectivity index (χ0) is 24.4. The number of ketones is 1. The predicted octanol–water partition coefficient (Wildman–Crippen LogP) is 4.73. The Balaban J connectivity index is 1.40. The molecule has 5 rings (SSSR count). The Morgan fingerprint density at radius 1 is 1.23 bits per heavy atom. The second-order valence-corrected chi connectivity index (χ2v) is 8.61. The topological polar surface area (TPSA) is 109 Å². The van der Waals surface area contributed by atoms with Crippen molar-refractivity contribution in [2.75, 3.05) is 18.5 Å². The van der Waals surface area contributed by atoms with Crippen LogP contribution in [-0.2, 0) is 4.74 Å². The number of carbonyl (C=O) groups is 1. The van der Waals surface area contributed by atoms with Gasteiger partial charge in [-0.05, 0) is 37.1 Å². The number of aliphatic hydroxyl groups excluding tert-OH is 1. The number of halogens is 2. The third-order valence-corrected chi connectivity index (χ3v) is 6.14.